The van der Waals surface area contributed by atoms with Gasteiger partial charge in [0.25, 0.3) is 0 Å². The Morgan fingerprint density at radius 2 is 1.94 bits per heavy atom. The number of nitrogens with zero attached hydrogens (tertiary/aromatic N) is 1. The Morgan fingerprint density at radius 3 is 2.58 bits per heavy atom. The second-order valence-corrected chi connectivity index (χ2v) is 7.99. The van der Waals surface area contributed by atoms with Crippen LogP contribution in [0.4, 0.5) is 0 Å². The van der Waals surface area contributed by atoms with Gasteiger partial charge in [0.05, 0.1) is 31.5 Å². The molecule has 0 aliphatic carbocycles. The first kappa shape index (κ1) is 24.0. The molecule has 0 fully saturated rings. The number of hydrogen-bond donors (Lipinski definition) is 1. The van der Waals surface area contributed by atoms with Gasteiger partial charge in [-0.15, -0.1) is 0 Å². The van der Waals surface area contributed by atoms with Crippen LogP contribution < -0.4 is 4.74 Å². The van der Waals surface area contributed by atoms with E-state index in [1.54, 1.807) is 7.11 Å². The van der Waals surface area contributed by atoms with E-state index in [1.165, 1.54) is 0 Å². The maximum atomic E-state index is 12.3. The van der Waals surface area contributed by atoms with Crippen molar-refractivity contribution in [2.24, 2.45) is 0 Å². The maximum absolute atomic E-state index is 12.3. The Hall–Kier alpha value is -3.63. The molecule has 1 N–H and O–H groups in total. The predicted octanol–water partition coefficient (Wildman–Crippen LogP) is 4.62. The molecular formula is C26H27NO6. The summed E-state index contributed by atoms with van der Waals surface area (Å²) in [5.74, 6) is -0.573. The summed E-state index contributed by atoms with van der Waals surface area (Å²) in [7, 11) is 1.61. The van der Waals surface area contributed by atoms with Crippen molar-refractivity contribution in [2.75, 3.05) is 7.11 Å². The van der Waals surface area contributed by atoms with Crippen LogP contribution in [-0.4, -0.2) is 24.2 Å². The highest BCUT2D eigenvalue weighted by atomic mass is 16.5. The average molecular weight is 450 g/mol. The Balaban J connectivity index is 1.90. The highest BCUT2D eigenvalue weighted by molar-refractivity contribution is 5.97. The number of fused-ring (bicyclic) bond motifs is 1. The van der Waals surface area contributed by atoms with Crippen molar-refractivity contribution in [3.8, 4) is 11.8 Å². The molecule has 1 aliphatic rings. The van der Waals surface area contributed by atoms with Crippen molar-refractivity contribution < 1.29 is 28.9 Å². The molecular weight excluding hydrogens is 422 g/mol. The molecule has 2 aromatic rings. The summed E-state index contributed by atoms with van der Waals surface area (Å²) >= 11 is 0. The monoisotopic (exact) mass is 449 g/mol. The van der Waals surface area contributed by atoms with E-state index < -0.39 is 11.9 Å². The lowest BCUT2D eigenvalue weighted by Crippen LogP contribution is -2.10. The lowest BCUT2D eigenvalue weighted by atomic mass is 9.87. The van der Waals surface area contributed by atoms with Crippen LogP contribution >= 0.6 is 0 Å². The minimum atomic E-state index is -0.857. The van der Waals surface area contributed by atoms with Crippen molar-refractivity contribution in [1.29, 1.82) is 5.26 Å². The van der Waals surface area contributed by atoms with Gasteiger partial charge in [0.2, 0.25) is 0 Å². The summed E-state index contributed by atoms with van der Waals surface area (Å²) in [5, 5.41) is 18.8. The lowest BCUT2D eigenvalue weighted by molar-refractivity contribution is -0.136. The number of carboxylic acids is 1. The fourth-order valence-corrected chi connectivity index (χ4v) is 3.88. The summed E-state index contributed by atoms with van der Waals surface area (Å²) in [5.41, 5.74) is 5.73. The molecule has 1 heterocycles. The molecule has 7 heteroatoms. The number of ether oxygens (including phenoxy) is 3. The second-order valence-electron chi connectivity index (χ2n) is 7.99. The van der Waals surface area contributed by atoms with Crippen molar-refractivity contribution in [3.05, 3.63) is 74.9 Å². The first-order chi connectivity index (χ1) is 15.8. The third kappa shape index (κ3) is 5.60. The van der Waals surface area contributed by atoms with Gasteiger partial charge in [0.15, 0.2) is 0 Å². The van der Waals surface area contributed by atoms with Gasteiger partial charge in [-0.3, -0.25) is 4.79 Å². The number of benzene rings is 2. The van der Waals surface area contributed by atoms with Crippen LogP contribution in [0.3, 0.4) is 0 Å². The van der Waals surface area contributed by atoms with Crippen molar-refractivity contribution in [1.82, 2.24) is 0 Å². The predicted molar refractivity (Wildman–Crippen MR) is 121 cm³/mol. The van der Waals surface area contributed by atoms with E-state index in [2.05, 4.69) is 6.07 Å². The molecule has 1 aliphatic heterocycles. The number of carbonyl (C=O) groups is 2. The molecule has 0 unspecified atom stereocenters. The Kier molecular flexibility index (Phi) is 7.86. The zero-order valence-electron chi connectivity index (χ0n) is 19.1. The number of nitriles is 1. The molecule has 0 spiro atoms. The van der Waals surface area contributed by atoms with Crippen LogP contribution in [0.1, 0.15) is 63.5 Å². The third-order valence-corrected chi connectivity index (χ3v) is 5.85. The molecule has 0 radical (unpaired) electrons. The summed E-state index contributed by atoms with van der Waals surface area (Å²) in [6.45, 7) is 4.58. The van der Waals surface area contributed by atoms with Gasteiger partial charge in [-0.1, -0.05) is 23.8 Å². The van der Waals surface area contributed by atoms with E-state index in [4.69, 9.17) is 19.3 Å². The first-order valence-electron chi connectivity index (χ1n) is 10.7. The SMILES string of the molecule is COc1ccc(COCc2c(C)c3c(c(C#N)c2C/C=C(\C)CCC(=O)O)C(=O)OC3)cc1. The van der Waals surface area contributed by atoms with Crippen LogP contribution in [0.25, 0.3) is 0 Å². The van der Waals surface area contributed by atoms with Crippen molar-refractivity contribution >= 4 is 11.9 Å². The summed E-state index contributed by atoms with van der Waals surface area (Å²) in [6, 6.07) is 9.78. The Bertz CT molecular complexity index is 1130. The van der Waals surface area contributed by atoms with Gasteiger partial charge in [0, 0.05) is 12.0 Å². The molecule has 0 atom stereocenters. The van der Waals surface area contributed by atoms with E-state index >= 15 is 0 Å². The molecule has 0 saturated heterocycles. The zero-order valence-corrected chi connectivity index (χ0v) is 19.1. The second kappa shape index (κ2) is 10.8. The summed E-state index contributed by atoms with van der Waals surface area (Å²) in [6.07, 6.45) is 2.78. The standard InChI is InChI=1S/C26H27NO6/c1-16(5-11-24(28)29)4-10-20-21(12-27)25-23(15-33-26(25)30)17(2)22(20)14-32-13-18-6-8-19(31-3)9-7-18/h4,6-9H,5,10-11,13-15H2,1-3H3,(H,28,29)/b16-4+. The fraction of sp³-hybridized carbons (Fsp3) is 0.346. The quantitative estimate of drug-likeness (QED) is 0.417. The van der Waals surface area contributed by atoms with Gasteiger partial charge >= 0.3 is 11.9 Å². The Morgan fingerprint density at radius 1 is 1.21 bits per heavy atom. The number of allylic oxidation sites excluding steroid dienone is 2. The fourth-order valence-electron chi connectivity index (χ4n) is 3.88. The smallest absolute Gasteiger partial charge is 0.340 e. The minimum Gasteiger partial charge on any atom is -0.497 e. The molecule has 3 rings (SSSR count). The molecule has 33 heavy (non-hydrogen) atoms. The van der Waals surface area contributed by atoms with Gasteiger partial charge in [-0.2, -0.15) is 5.26 Å². The number of methoxy groups -OCH3 is 1. The van der Waals surface area contributed by atoms with Crippen LogP contribution in [0.5, 0.6) is 5.75 Å². The van der Waals surface area contributed by atoms with Crippen LogP contribution in [-0.2, 0) is 40.5 Å². The molecule has 2 aromatic carbocycles. The lowest BCUT2D eigenvalue weighted by Gasteiger charge is -2.17. The van der Waals surface area contributed by atoms with E-state index in [1.807, 2.05) is 44.2 Å². The minimum absolute atomic E-state index is 0.0425. The number of aliphatic carboxylic acids is 1. The highest BCUT2D eigenvalue weighted by Crippen LogP contribution is 2.34. The number of rotatable bonds is 10. The zero-order chi connectivity index (χ0) is 24.0. The van der Waals surface area contributed by atoms with Crippen molar-refractivity contribution in [3.63, 3.8) is 0 Å². The number of carbonyl (C=O) groups excluding carboxylic acids is 1. The number of hydrogen-bond acceptors (Lipinski definition) is 6. The highest BCUT2D eigenvalue weighted by Gasteiger charge is 2.31. The first-order valence-corrected chi connectivity index (χ1v) is 10.7. The summed E-state index contributed by atoms with van der Waals surface area (Å²) < 4.78 is 16.4. The van der Waals surface area contributed by atoms with Gasteiger partial charge in [-0.25, -0.2) is 4.79 Å². The summed E-state index contributed by atoms with van der Waals surface area (Å²) in [4.78, 5) is 23.2. The molecule has 7 nitrogen and oxygen atoms in total. The molecule has 172 valence electrons. The maximum Gasteiger partial charge on any atom is 0.340 e. The topological polar surface area (TPSA) is 106 Å². The number of cyclic esters (lactones) is 1. The molecule has 0 aromatic heterocycles. The normalized spacial score (nSPS) is 12.8. The number of carboxylic acid groups (broad SMARTS) is 1. The van der Waals surface area contributed by atoms with E-state index in [-0.39, 0.29) is 19.6 Å². The molecule has 0 saturated carbocycles. The van der Waals surface area contributed by atoms with E-state index in [0.717, 1.165) is 39.1 Å². The number of esters is 1. The van der Waals surface area contributed by atoms with Gasteiger partial charge < -0.3 is 19.3 Å². The molecule has 0 bridgehead atoms. The van der Waals surface area contributed by atoms with E-state index in [0.29, 0.717) is 30.6 Å². The average Bonchev–Trinajstić information content (AvgIpc) is 3.20. The van der Waals surface area contributed by atoms with Crippen molar-refractivity contribution in [2.45, 2.75) is 52.9 Å². The van der Waals surface area contributed by atoms with E-state index in [9.17, 15) is 14.9 Å². The molecule has 0 amide bonds. The van der Waals surface area contributed by atoms with Gasteiger partial charge in [-0.05, 0) is 61.1 Å². The van der Waals surface area contributed by atoms with Crippen LogP contribution in [0.2, 0.25) is 0 Å². The third-order valence-electron chi connectivity index (χ3n) is 5.85. The Labute approximate surface area is 193 Å². The van der Waals surface area contributed by atoms with Gasteiger partial charge in [0.1, 0.15) is 18.4 Å². The van der Waals surface area contributed by atoms with Crippen LogP contribution in [0.15, 0.2) is 35.9 Å². The van der Waals surface area contributed by atoms with Crippen LogP contribution in [0, 0.1) is 18.3 Å². The largest absolute Gasteiger partial charge is 0.497 e.